The van der Waals surface area contributed by atoms with E-state index in [9.17, 15) is 18.0 Å². The van der Waals surface area contributed by atoms with Crippen LogP contribution in [-0.2, 0) is 16.0 Å². The minimum atomic E-state index is -4.59. The van der Waals surface area contributed by atoms with Crippen LogP contribution in [0.25, 0.3) is 11.1 Å². The van der Waals surface area contributed by atoms with Gasteiger partial charge in [0.25, 0.3) is 6.01 Å². The zero-order valence-corrected chi connectivity index (χ0v) is 16.6. The Morgan fingerprint density at radius 3 is 2.55 bits per heavy atom. The first kappa shape index (κ1) is 22.4. The van der Waals surface area contributed by atoms with Crippen molar-refractivity contribution < 1.29 is 37.0 Å². The minimum absolute atomic E-state index is 0.188. The Bertz CT molecular complexity index is 971. The molecule has 0 unspecified atom stereocenters. The highest BCUT2D eigenvalue weighted by Gasteiger charge is 2.31. The van der Waals surface area contributed by atoms with E-state index in [1.165, 1.54) is 0 Å². The Morgan fingerprint density at radius 2 is 1.90 bits per heavy atom. The highest BCUT2D eigenvalue weighted by molar-refractivity contribution is 5.74. The molecule has 0 amide bonds. The van der Waals surface area contributed by atoms with Crippen LogP contribution in [0.4, 0.5) is 19.2 Å². The fraction of sp³-hybridized carbons (Fsp3) is 0.333. The second kappa shape index (κ2) is 9.69. The van der Waals surface area contributed by atoms with Gasteiger partial charge < -0.3 is 23.9 Å². The number of carboxylic acid groups (broad SMARTS) is 1. The number of benzene rings is 2. The van der Waals surface area contributed by atoms with Gasteiger partial charge in [-0.05, 0) is 29.8 Å². The molecule has 3 rings (SSSR count). The number of oxazole rings is 1. The lowest BCUT2D eigenvalue weighted by Gasteiger charge is -2.16. The Kier molecular flexibility index (Phi) is 7.01. The average molecular weight is 438 g/mol. The van der Waals surface area contributed by atoms with Crippen molar-refractivity contribution in [2.75, 3.05) is 31.7 Å². The summed E-state index contributed by atoms with van der Waals surface area (Å²) in [4.78, 5) is 17.3. The topological polar surface area (TPSA) is 85.0 Å². The van der Waals surface area contributed by atoms with Gasteiger partial charge in [0.1, 0.15) is 24.5 Å². The van der Waals surface area contributed by atoms with E-state index in [2.05, 4.69) is 9.72 Å². The molecule has 1 heterocycles. The first-order chi connectivity index (χ1) is 14.7. The van der Waals surface area contributed by atoms with Gasteiger partial charge in [-0.15, -0.1) is 0 Å². The maximum absolute atomic E-state index is 12.3. The lowest BCUT2D eigenvalue weighted by Crippen LogP contribution is -2.31. The third kappa shape index (κ3) is 6.61. The number of aliphatic carboxylic acids is 1. The molecule has 7 nitrogen and oxygen atoms in total. The van der Waals surface area contributed by atoms with E-state index in [1.807, 2.05) is 36.2 Å². The number of carboxylic acids is 1. The molecule has 0 saturated heterocycles. The lowest BCUT2D eigenvalue weighted by atomic mass is 10.1. The van der Waals surface area contributed by atoms with Crippen molar-refractivity contribution in [2.24, 2.45) is 0 Å². The zero-order valence-electron chi connectivity index (χ0n) is 16.6. The minimum Gasteiger partial charge on any atom is -0.492 e. The van der Waals surface area contributed by atoms with Crippen molar-refractivity contribution in [1.82, 2.24) is 4.98 Å². The van der Waals surface area contributed by atoms with E-state index < -0.39 is 24.9 Å². The molecule has 1 aromatic heterocycles. The Labute approximate surface area is 176 Å². The van der Waals surface area contributed by atoms with E-state index in [0.29, 0.717) is 36.1 Å². The summed E-state index contributed by atoms with van der Waals surface area (Å²) in [5, 5.41) is 9.06. The molecule has 0 aliphatic rings. The molecule has 0 radical (unpaired) electrons. The number of fused-ring (bicyclic) bond motifs is 1. The fourth-order valence-electron chi connectivity index (χ4n) is 2.77. The third-order valence-electron chi connectivity index (χ3n) is 4.37. The predicted molar refractivity (Wildman–Crippen MR) is 106 cm³/mol. The van der Waals surface area contributed by atoms with Gasteiger partial charge >= 0.3 is 12.1 Å². The molecule has 3 aromatic rings. The van der Waals surface area contributed by atoms with Crippen molar-refractivity contribution >= 4 is 23.1 Å². The summed E-state index contributed by atoms with van der Waals surface area (Å²) < 4.78 is 52.6. The van der Waals surface area contributed by atoms with Crippen molar-refractivity contribution in [3.8, 4) is 5.75 Å². The molecule has 1 N–H and O–H groups in total. The van der Waals surface area contributed by atoms with Crippen LogP contribution in [0.15, 0.2) is 52.9 Å². The van der Waals surface area contributed by atoms with Crippen LogP contribution in [0.2, 0.25) is 0 Å². The molecule has 0 fully saturated rings. The Balaban J connectivity index is 1.49. The van der Waals surface area contributed by atoms with Crippen LogP contribution in [0, 0.1) is 0 Å². The number of nitrogens with zero attached hydrogens (tertiary/aromatic N) is 2. The number of hydrogen-bond donors (Lipinski definition) is 1. The average Bonchev–Trinajstić information content (AvgIpc) is 3.15. The standard InChI is InChI=1S/C21H21F3N2O5/c1-26(20-25-16-4-2-3-5-17(16)31-20)10-11-29-15-8-6-14(7-9-15)12-18(19(27)28)30-13-21(22,23)24/h2-9,18H,10-13H2,1H3,(H,27,28)/t18-/m1/s1. The number of carbonyl (C=O) groups is 1. The molecule has 0 aliphatic carbocycles. The van der Waals surface area contributed by atoms with Crippen molar-refractivity contribution in [2.45, 2.75) is 18.7 Å². The maximum atomic E-state index is 12.3. The molecule has 0 aliphatic heterocycles. The van der Waals surface area contributed by atoms with E-state index in [-0.39, 0.29) is 6.42 Å². The first-order valence-corrected chi connectivity index (χ1v) is 9.41. The number of alkyl halides is 3. The second-order valence-electron chi connectivity index (χ2n) is 6.84. The molecule has 0 bridgehead atoms. The lowest BCUT2D eigenvalue weighted by molar-refractivity contribution is -0.192. The monoisotopic (exact) mass is 438 g/mol. The van der Waals surface area contributed by atoms with E-state index in [4.69, 9.17) is 14.3 Å². The number of anilines is 1. The largest absolute Gasteiger partial charge is 0.492 e. The molecule has 31 heavy (non-hydrogen) atoms. The van der Waals surface area contributed by atoms with Crippen LogP contribution >= 0.6 is 0 Å². The predicted octanol–water partition coefficient (Wildman–Crippen LogP) is 3.92. The fourth-order valence-corrected chi connectivity index (χ4v) is 2.77. The third-order valence-corrected chi connectivity index (χ3v) is 4.37. The SMILES string of the molecule is CN(CCOc1ccc(C[C@@H](OCC(F)(F)F)C(=O)O)cc1)c1nc2ccccc2o1. The van der Waals surface area contributed by atoms with E-state index >= 15 is 0 Å². The summed E-state index contributed by atoms with van der Waals surface area (Å²) in [6.07, 6.45) is -6.36. The molecule has 1 atom stereocenters. The van der Waals surface area contributed by atoms with Crippen LogP contribution in [0.1, 0.15) is 5.56 Å². The molecule has 166 valence electrons. The summed E-state index contributed by atoms with van der Waals surface area (Å²) in [6, 6.07) is 14.3. The molecular weight excluding hydrogens is 417 g/mol. The summed E-state index contributed by atoms with van der Waals surface area (Å²) in [5.74, 6) is -0.912. The number of ether oxygens (including phenoxy) is 2. The maximum Gasteiger partial charge on any atom is 0.411 e. The van der Waals surface area contributed by atoms with Gasteiger partial charge in [0.05, 0.1) is 6.54 Å². The van der Waals surface area contributed by atoms with Gasteiger partial charge in [0, 0.05) is 13.5 Å². The number of halogens is 3. The number of hydrogen-bond acceptors (Lipinski definition) is 6. The Hall–Kier alpha value is -3.27. The van der Waals surface area contributed by atoms with Crippen molar-refractivity contribution in [3.63, 3.8) is 0 Å². The normalized spacial score (nSPS) is 12.6. The summed E-state index contributed by atoms with van der Waals surface area (Å²) in [5.41, 5.74) is 1.98. The zero-order chi connectivity index (χ0) is 22.4. The van der Waals surface area contributed by atoms with E-state index in [1.54, 1.807) is 24.3 Å². The smallest absolute Gasteiger partial charge is 0.411 e. The molecule has 0 saturated carbocycles. The summed E-state index contributed by atoms with van der Waals surface area (Å²) in [6.45, 7) is -0.777. The van der Waals surface area contributed by atoms with Gasteiger partial charge in [-0.25, -0.2) is 4.79 Å². The molecular formula is C21H21F3N2O5. The second-order valence-corrected chi connectivity index (χ2v) is 6.84. The van der Waals surface area contributed by atoms with Crippen LogP contribution in [-0.4, -0.2) is 55.1 Å². The van der Waals surface area contributed by atoms with Gasteiger partial charge in [0.2, 0.25) is 0 Å². The van der Waals surface area contributed by atoms with E-state index in [0.717, 1.165) is 5.52 Å². The van der Waals surface area contributed by atoms with Gasteiger partial charge in [-0.3, -0.25) is 0 Å². The number of aromatic nitrogens is 1. The first-order valence-electron chi connectivity index (χ1n) is 9.41. The highest BCUT2D eigenvalue weighted by Crippen LogP contribution is 2.21. The number of para-hydroxylation sites is 2. The van der Waals surface area contributed by atoms with Crippen LogP contribution in [0.3, 0.4) is 0 Å². The van der Waals surface area contributed by atoms with Gasteiger partial charge in [-0.1, -0.05) is 24.3 Å². The summed E-state index contributed by atoms with van der Waals surface area (Å²) in [7, 11) is 1.82. The highest BCUT2D eigenvalue weighted by atomic mass is 19.4. The number of rotatable bonds is 10. The quantitative estimate of drug-likeness (QED) is 0.514. The molecule has 0 spiro atoms. The van der Waals surface area contributed by atoms with Crippen molar-refractivity contribution in [1.29, 1.82) is 0 Å². The molecule has 10 heteroatoms. The van der Waals surface area contributed by atoms with Crippen molar-refractivity contribution in [3.05, 3.63) is 54.1 Å². The van der Waals surface area contributed by atoms with Crippen LogP contribution in [0.5, 0.6) is 5.75 Å². The van der Waals surface area contributed by atoms with Crippen LogP contribution < -0.4 is 9.64 Å². The Morgan fingerprint density at radius 1 is 1.19 bits per heavy atom. The number of likely N-dealkylation sites (N-methyl/N-ethyl adjacent to an activating group) is 1. The summed E-state index contributed by atoms with van der Waals surface area (Å²) >= 11 is 0. The van der Waals surface area contributed by atoms with Gasteiger partial charge in [-0.2, -0.15) is 18.2 Å². The van der Waals surface area contributed by atoms with Gasteiger partial charge in [0.15, 0.2) is 11.7 Å². The molecule has 2 aromatic carbocycles.